The maximum atomic E-state index is 9.08. The Kier molecular flexibility index (Phi) is 4.26. The van der Waals surface area contributed by atoms with E-state index in [1.165, 1.54) is 5.56 Å². The topological polar surface area (TPSA) is 40.5 Å². The van der Waals surface area contributed by atoms with Crippen molar-refractivity contribution in [3.63, 3.8) is 0 Å². The Hall–Kier alpha value is -1.23. The fraction of sp³-hybridized carbons (Fsp3) is 0.0769. The molecule has 0 aliphatic heterocycles. The molecule has 2 aromatic rings. The van der Waals surface area contributed by atoms with Gasteiger partial charge in [0.25, 0.3) is 0 Å². The summed E-state index contributed by atoms with van der Waals surface area (Å²) < 4.78 is 0. The molecule has 0 amide bonds. The van der Waals surface area contributed by atoms with E-state index in [2.05, 4.69) is 12.1 Å². The first-order valence-electron chi connectivity index (χ1n) is 5.38. The van der Waals surface area contributed by atoms with Crippen LogP contribution in [0, 0.1) is 0 Å². The first-order valence-corrected chi connectivity index (χ1v) is 6.37. The molecule has 0 saturated heterocycles. The summed E-state index contributed by atoms with van der Waals surface area (Å²) in [5.74, 6) is 0.881. The van der Waals surface area contributed by atoms with Crippen molar-refractivity contribution < 1.29 is 10.0 Å². The highest BCUT2D eigenvalue weighted by Gasteiger charge is 2.10. The normalized spacial score (nSPS) is 10.2. The van der Waals surface area contributed by atoms with Crippen LogP contribution in [0.2, 0.25) is 0 Å². The fourth-order valence-electron chi connectivity index (χ4n) is 1.51. The second-order valence-electron chi connectivity index (χ2n) is 3.72. The zero-order valence-electron chi connectivity index (χ0n) is 9.28. The minimum absolute atomic E-state index is 0.531. The van der Waals surface area contributed by atoms with Gasteiger partial charge < -0.3 is 10.0 Å². The van der Waals surface area contributed by atoms with Crippen LogP contribution in [0.3, 0.4) is 0 Å². The van der Waals surface area contributed by atoms with Crippen LogP contribution in [0.1, 0.15) is 5.56 Å². The molecule has 0 radical (unpaired) electrons. The summed E-state index contributed by atoms with van der Waals surface area (Å²) in [6.07, 6.45) is 0. The first-order chi connectivity index (χ1) is 8.25. The van der Waals surface area contributed by atoms with Gasteiger partial charge in [-0.1, -0.05) is 42.5 Å². The number of benzene rings is 2. The molecule has 0 spiro atoms. The molecule has 0 bridgehead atoms. The van der Waals surface area contributed by atoms with Crippen LogP contribution < -0.4 is 5.46 Å². The predicted molar refractivity (Wildman–Crippen MR) is 72.3 cm³/mol. The van der Waals surface area contributed by atoms with Crippen molar-refractivity contribution in [1.29, 1.82) is 0 Å². The maximum absolute atomic E-state index is 9.08. The van der Waals surface area contributed by atoms with E-state index in [-0.39, 0.29) is 0 Å². The van der Waals surface area contributed by atoms with Crippen molar-refractivity contribution in [3.8, 4) is 0 Å². The average Bonchev–Trinajstić information content (AvgIpc) is 2.38. The molecule has 0 heterocycles. The average molecular weight is 244 g/mol. The maximum Gasteiger partial charge on any atom is 0.488 e. The predicted octanol–water partition coefficient (Wildman–Crippen LogP) is 1.66. The molecule has 2 rings (SSSR count). The van der Waals surface area contributed by atoms with Gasteiger partial charge in [0.15, 0.2) is 0 Å². The van der Waals surface area contributed by atoms with Crippen LogP contribution in [0.15, 0.2) is 59.5 Å². The van der Waals surface area contributed by atoms with Gasteiger partial charge in [0.05, 0.1) is 0 Å². The Labute approximate surface area is 105 Å². The number of hydrogen-bond acceptors (Lipinski definition) is 3. The summed E-state index contributed by atoms with van der Waals surface area (Å²) in [5.41, 5.74) is 1.79. The monoisotopic (exact) mass is 244 g/mol. The van der Waals surface area contributed by atoms with Crippen LogP contribution in [-0.2, 0) is 5.75 Å². The van der Waals surface area contributed by atoms with Gasteiger partial charge in [-0.3, -0.25) is 0 Å². The number of hydrogen-bond donors (Lipinski definition) is 2. The van der Waals surface area contributed by atoms with Gasteiger partial charge in [0.1, 0.15) is 0 Å². The molecular formula is C13H13BO2S. The van der Waals surface area contributed by atoms with Gasteiger partial charge in [-0.25, -0.2) is 0 Å². The molecule has 2 nitrogen and oxygen atoms in total. The lowest BCUT2D eigenvalue weighted by molar-refractivity contribution is 0.425. The van der Waals surface area contributed by atoms with Crippen LogP contribution in [0.4, 0.5) is 0 Å². The molecule has 0 aliphatic rings. The molecule has 0 atom stereocenters. The Morgan fingerprint density at radius 3 is 2.41 bits per heavy atom. The molecular weight excluding hydrogens is 231 g/mol. The summed E-state index contributed by atoms with van der Waals surface area (Å²) in [7, 11) is -1.40. The third-order valence-corrected chi connectivity index (χ3v) is 3.47. The van der Waals surface area contributed by atoms with Crippen molar-refractivity contribution in [2.24, 2.45) is 0 Å². The Morgan fingerprint density at radius 2 is 1.71 bits per heavy atom. The molecule has 86 valence electrons. The van der Waals surface area contributed by atoms with E-state index >= 15 is 0 Å². The van der Waals surface area contributed by atoms with Crippen molar-refractivity contribution >= 4 is 24.3 Å². The van der Waals surface area contributed by atoms with Gasteiger partial charge in [0.2, 0.25) is 0 Å². The van der Waals surface area contributed by atoms with E-state index in [1.807, 2.05) is 30.3 Å². The van der Waals surface area contributed by atoms with Crippen molar-refractivity contribution in [2.75, 3.05) is 0 Å². The van der Waals surface area contributed by atoms with Gasteiger partial charge in [-0.05, 0) is 23.2 Å². The van der Waals surface area contributed by atoms with E-state index < -0.39 is 7.12 Å². The van der Waals surface area contributed by atoms with Gasteiger partial charge in [0, 0.05) is 10.6 Å². The molecule has 17 heavy (non-hydrogen) atoms. The van der Waals surface area contributed by atoms with Gasteiger partial charge in [-0.2, -0.15) is 0 Å². The second-order valence-corrected chi connectivity index (χ2v) is 4.77. The quantitative estimate of drug-likeness (QED) is 0.634. The number of rotatable bonds is 4. The summed E-state index contributed by atoms with van der Waals surface area (Å²) in [4.78, 5) is 1.04. The zero-order valence-corrected chi connectivity index (χ0v) is 10.1. The third-order valence-electron chi connectivity index (χ3n) is 2.40. The molecule has 2 N–H and O–H groups in total. The SMILES string of the molecule is OB(O)c1cccc(SCc2ccccc2)c1. The van der Waals surface area contributed by atoms with Crippen LogP contribution in [0.5, 0.6) is 0 Å². The Bertz CT molecular complexity index is 474. The first kappa shape index (κ1) is 12.2. The summed E-state index contributed by atoms with van der Waals surface area (Å²) >= 11 is 1.68. The minimum Gasteiger partial charge on any atom is -0.423 e. The summed E-state index contributed by atoms with van der Waals surface area (Å²) in [5, 5.41) is 18.2. The van der Waals surface area contributed by atoms with Gasteiger partial charge >= 0.3 is 7.12 Å². The highest BCUT2D eigenvalue weighted by molar-refractivity contribution is 7.98. The van der Waals surface area contributed by atoms with E-state index in [4.69, 9.17) is 10.0 Å². The molecule has 4 heteroatoms. The van der Waals surface area contributed by atoms with Crippen LogP contribution in [0.25, 0.3) is 0 Å². The molecule has 0 saturated carbocycles. The highest BCUT2D eigenvalue weighted by atomic mass is 32.2. The van der Waals surface area contributed by atoms with Gasteiger partial charge in [-0.15, -0.1) is 11.8 Å². The standard InChI is InChI=1S/C13H13BO2S/c15-14(16)12-7-4-8-13(9-12)17-10-11-5-2-1-3-6-11/h1-9,15-16H,10H2. The largest absolute Gasteiger partial charge is 0.488 e. The number of thioether (sulfide) groups is 1. The van der Waals surface area contributed by atoms with E-state index in [1.54, 1.807) is 23.9 Å². The molecule has 0 aromatic heterocycles. The fourth-order valence-corrected chi connectivity index (χ4v) is 2.43. The van der Waals surface area contributed by atoms with Crippen LogP contribution in [-0.4, -0.2) is 17.2 Å². The molecule has 0 aliphatic carbocycles. The molecule has 0 unspecified atom stereocenters. The second kappa shape index (κ2) is 5.91. The van der Waals surface area contributed by atoms with Crippen LogP contribution >= 0.6 is 11.8 Å². The lowest BCUT2D eigenvalue weighted by Crippen LogP contribution is -2.29. The van der Waals surface area contributed by atoms with Crippen molar-refractivity contribution in [1.82, 2.24) is 0 Å². The summed E-state index contributed by atoms with van der Waals surface area (Å²) in [6, 6.07) is 17.5. The smallest absolute Gasteiger partial charge is 0.423 e. The van der Waals surface area contributed by atoms with E-state index in [9.17, 15) is 0 Å². The Balaban J connectivity index is 2.02. The molecule has 2 aromatic carbocycles. The van der Waals surface area contributed by atoms with Crippen molar-refractivity contribution in [2.45, 2.75) is 10.6 Å². The minimum atomic E-state index is -1.40. The van der Waals surface area contributed by atoms with Crippen molar-refractivity contribution in [3.05, 3.63) is 60.2 Å². The third kappa shape index (κ3) is 3.63. The Morgan fingerprint density at radius 1 is 0.941 bits per heavy atom. The van der Waals surface area contributed by atoms with E-state index in [0.29, 0.717) is 5.46 Å². The lowest BCUT2D eigenvalue weighted by Gasteiger charge is -2.04. The molecule has 0 fully saturated rings. The summed E-state index contributed by atoms with van der Waals surface area (Å²) in [6.45, 7) is 0. The van der Waals surface area contributed by atoms with E-state index in [0.717, 1.165) is 10.6 Å². The lowest BCUT2D eigenvalue weighted by atomic mass is 9.80. The highest BCUT2D eigenvalue weighted by Crippen LogP contribution is 2.21. The zero-order chi connectivity index (χ0) is 12.1.